The number of benzene rings is 1. The summed E-state index contributed by atoms with van der Waals surface area (Å²) in [4.78, 5) is 12.5. The minimum atomic E-state index is -0.553. The third-order valence-corrected chi connectivity index (χ3v) is 4.88. The predicted octanol–water partition coefficient (Wildman–Crippen LogP) is 3.97. The monoisotopic (exact) mass is 383 g/mol. The molecule has 0 aliphatic carbocycles. The number of carbonyl (C=O) groups excluding carboxylic acids is 1. The zero-order valence-corrected chi connectivity index (χ0v) is 14.7. The maximum atomic E-state index is 12.5. The van der Waals surface area contributed by atoms with E-state index in [0.717, 1.165) is 17.1 Å². The van der Waals surface area contributed by atoms with Crippen molar-refractivity contribution in [2.75, 3.05) is 7.11 Å². The van der Waals surface area contributed by atoms with Crippen LogP contribution in [0.3, 0.4) is 0 Å². The molecule has 1 unspecified atom stereocenters. The van der Waals surface area contributed by atoms with Crippen molar-refractivity contribution in [2.24, 2.45) is 0 Å². The van der Waals surface area contributed by atoms with Gasteiger partial charge in [-0.1, -0.05) is 40.5 Å². The molecule has 0 bridgehead atoms. The van der Waals surface area contributed by atoms with Gasteiger partial charge < -0.3 is 14.6 Å². The highest BCUT2D eigenvalue weighted by Crippen LogP contribution is 2.30. The topological polar surface area (TPSA) is 77.2 Å². The second-order valence-electron chi connectivity index (χ2n) is 4.73. The van der Waals surface area contributed by atoms with E-state index in [-0.39, 0.29) is 15.1 Å². The van der Waals surface area contributed by atoms with Crippen molar-refractivity contribution in [3.05, 3.63) is 62.9 Å². The van der Waals surface area contributed by atoms with Gasteiger partial charge in [-0.25, -0.2) is 0 Å². The molecular formula is C15H11Cl2N3O3S. The summed E-state index contributed by atoms with van der Waals surface area (Å²) in [5.41, 5.74) is 1.38. The Hall–Kier alpha value is -2.09. The number of carbonyl (C=O) groups is 1. The minimum absolute atomic E-state index is 0.0723. The van der Waals surface area contributed by atoms with Crippen LogP contribution in [0.2, 0.25) is 9.36 Å². The highest BCUT2D eigenvalue weighted by molar-refractivity contribution is 7.11. The first kappa shape index (κ1) is 16.8. The van der Waals surface area contributed by atoms with Crippen LogP contribution in [-0.4, -0.2) is 22.5 Å². The Morgan fingerprint density at radius 2 is 2.21 bits per heavy atom. The van der Waals surface area contributed by atoms with Crippen molar-refractivity contribution in [1.82, 2.24) is 14.8 Å². The fraction of sp³-hybridized carbons (Fsp3) is 0.133. The molecule has 3 rings (SSSR count). The van der Waals surface area contributed by atoms with Crippen molar-refractivity contribution >= 4 is 40.6 Å². The van der Waals surface area contributed by atoms with Gasteiger partial charge in [-0.15, -0.1) is 0 Å². The molecule has 3 aromatic rings. The molecule has 6 nitrogen and oxygen atoms in total. The van der Waals surface area contributed by atoms with Crippen LogP contribution in [-0.2, 0) is 0 Å². The SMILES string of the molecule is COc1cccc(C(NC(=O)c2nsc(Cl)c2Cl)c2ccon2)c1. The molecule has 1 amide bonds. The first-order chi connectivity index (χ1) is 11.6. The molecule has 0 saturated carbocycles. The Balaban J connectivity index is 1.94. The summed E-state index contributed by atoms with van der Waals surface area (Å²) in [7, 11) is 1.57. The first-order valence-electron chi connectivity index (χ1n) is 6.76. The normalized spacial score (nSPS) is 12.0. The van der Waals surface area contributed by atoms with E-state index in [4.69, 9.17) is 32.5 Å². The van der Waals surface area contributed by atoms with Gasteiger partial charge in [0, 0.05) is 6.07 Å². The molecule has 0 fully saturated rings. The van der Waals surface area contributed by atoms with Gasteiger partial charge in [-0.05, 0) is 29.2 Å². The largest absolute Gasteiger partial charge is 0.497 e. The quantitative estimate of drug-likeness (QED) is 0.721. The van der Waals surface area contributed by atoms with Crippen molar-refractivity contribution < 1.29 is 14.1 Å². The van der Waals surface area contributed by atoms with E-state index in [1.54, 1.807) is 19.2 Å². The summed E-state index contributed by atoms with van der Waals surface area (Å²) in [6.45, 7) is 0. The summed E-state index contributed by atoms with van der Waals surface area (Å²) < 4.78 is 14.4. The van der Waals surface area contributed by atoms with E-state index in [1.807, 2.05) is 18.2 Å². The van der Waals surface area contributed by atoms with Gasteiger partial charge in [-0.2, -0.15) is 4.37 Å². The minimum Gasteiger partial charge on any atom is -0.497 e. The lowest BCUT2D eigenvalue weighted by atomic mass is 10.0. The summed E-state index contributed by atoms with van der Waals surface area (Å²) in [6, 6.07) is 8.39. The molecule has 24 heavy (non-hydrogen) atoms. The lowest BCUT2D eigenvalue weighted by molar-refractivity contribution is 0.0938. The van der Waals surface area contributed by atoms with Crippen LogP contribution in [0.25, 0.3) is 0 Å². The smallest absolute Gasteiger partial charge is 0.273 e. The van der Waals surface area contributed by atoms with Crippen LogP contribution in [0.1, 0.15) is 27.8 Å². The van der Waals surface area contributed by atoms with Crippen molar-refractivity contribution in [3.63, 3.8) is 0 Å². The van der Waals surface area contributed by atoms with E-state index < -0.39 is 11.9 Å². The first-order valence-corrected chi connectivity index (χ1v) is 8.29. The Kier molecular flexibility index (Phi) is 5.03. The molecule has 1 aromatic carbocycles. The number of hydrogen-bond acceptors (Lipinski definition) is 6. The standard InChI is InChI=1S/C15H11Cl2N3O3S/c1-22-9-4-2-3-8(7-9)12(10-5-6-23-19-10)18-15(21)13-11(16)14(17)24-20-13/h2-7,12H,1H3,(H,18,21). The average Bonchev–Trinajstić information content (AvgIpc) is 3.24. The van der Waals surface area contributed by atoms with Gasteiger partial charge in [0.25, 0.3) is 5.91 Å². The number of halogens is 2. The van der Waals surface area contributed by atoms with Gasteiger partial charge in [0.1, 0.15) is 33.1 Å². The summed E-state index contributed by atoms with van der Waals surface area (Å²) in [6.07, 6.45) is 1.43. The van der Waals surface area contributed by atoms with Gasteiger partial charge in [0.2, 0.25) is 0 Å². The Bertz CT molecular complexity index is 852. The molecule has 0 spiro atoms. The Labute approximate surface area is 151 Å². The zero-order valence-electron chi connectivity index (χ0n) is 12.3. The molecule has 0 aliphatic rings. The van der Waals surface area contributed by atoms with Crippen molar-refractivity contribution in [2.45, 2.75) is 6.04 Å². The number of aromatic nitrogens is 2. The molecule has 2 aromatic heterocycles. The second-order valence-corrected chi connectivity index (χ2v) is 6.48. The molecule has 1 atom stereocenters. The number of rotatable bonds is 5. The average molecular weight is 384 g/mol. The van der Waals surface area contributed by atoms with E-state index >= 15 is 0 Å². The van der Waals surface area contributed by atoms with Crippen LogP contribution in [0, 0.1) is 0 Å². The Morgan fingerprint density at radius 1 is 1.38 bits per heavy atom. The zero-order chi connectivity index (χ0) is 17.1. The summed E-state index contributed by atoms with van der Waals surface area (Å²) >= 11 is 12.8. The summed E-state index contributed by atoms with van der Waals surface area (Å²) in [5, 5.41) is 6.89. The fourth-order valence-electron chi connectivity index (χ4n) is 2.12. The van der Waals surface area contributed by atoms with Crippen LogP contribution >= 0.6 is 34.7 Å². The second kappa shape index (κ2) is 7.21. The van der Waals surface area contributed by atoms with Crippen LogP contribution in [0.5, 0.6) is 5.75 Å². The van der Waals surface area contributed by atoms with Crippen molar-refractivity contribution in [1.29, 1.82) is 0 Å². The van der Waals surface area contributed by atoms with E-state index in [1.165, 1.54) is 6.26 Å². The lowest BCUT2D eigenvalue weighted by Gasteiger charge is -2.17. The third kappa shape index (κ3) is 3.38. The maximum absolute atomic E-state index is 12.5. The van der Waals surface area contributed by atoms with Gasteiger partial charge in [0.05, 0.1) is 7.11 Å². The molecule has 2 heterocycles. The third-order valence-electron chi connectivity index (χ3n) is 3.27. The molecule has 9 heteroatoms. The van der Waals surface area contributed by atoms with Crippen LogP contribution in [0.4, 0.5) is 0 Å². The number of nitrogens with one attached hydrogen (secondary N) is 1. The van der Waals surface area contributed by atoms with Gasteiger partial charge >= 0.3 is 0 Å². The molecular weight excluding hydrogens is 373 g/mol. The van der Waals surface area contributed by atoms with Gasteiger partial charge in [-0.3, -0.25) is 4.79 Å². The molecule has 124 valence electrons. The fourth-order valence-corrected chi connectivity index (χ4v) is 3.12. The van der Waals surface area contributed by atoms with Gasteiger partial charge in [0.15, 0.2) is 5.69 Å². The van der Waals surface area contributed by atoms with Crippen LogP contribution < -0.4 is 10.1 Å². The summed E-state index contributed by atoms with van der Waals surface area (Å²) in [5.74, 6) is 0.198. The number of methoxy groups -OCH3 is 1. The van der Waals surface area contributed by atoms with E-state index in [9.17, 15) is 4.79 Å². The van der Waals surface area contributed by atoms with Crippen molar-refractivity contribution in [3.8, 4) is 5.75 Å². The number of nitrogens with zero attached hydrogens (tertiary/aromatic N) is 2. The predicted molar refractivity (Wildman–Crippen MR) is 90.9 cm³/mol. The number of ether oxygens (including phenoxy) is 1. The number of amides is 1. The molecule has 0 radical (unpaired) electrons. The van der Waals surface area contributed by atoms with E-state index in [2.05, 4.69) is 14.8 Å². The number of hydrogen-bond donors (Lipinski definition) is 1. The highest BCUT2D eigenvalue weighted by Gasteiger charge is 2.24. The molecule has 1 N–H and O–H groups in total. The molecule has 0 saturated heterocycles. The van der Waals surface area contributed by atoms with Crippen LogP contribution in [0.15, 0.2) is 41.1 Å². The molecule has 0 aliphatic heterocycles. The Morgan fingerprint density at radius 3 is 2.83 bits per heavy atom. The highest BCUT2D eigenvalue weighted by atomic mass is 35.5. The lowest BCUT2D eigenvalue weighted by Crippen LogP contribution is -2.30. The van der Waals surface area contributed by atoms with E-state index in [0.29, 0.717) is 11.4 Å². The maximum Gasteiger partial charge on any atom is 0.273 e.